The van der Waals surface area contributed by atoms with Crippen LogP contribution in [0.3, 0.4) is 0 Å². The molecule has 0 bridgehead atoms. The molecule has 0 N–H and O–H groups in total. The van der Waals surface area contributed by atoms with Crippen molar-refractivity contribution in [2.45, 2.75) is 72.5 Å². The monoisotopic (exact) mass is 284 g/mol. The molecule has 0 aliphatic carbocycles. The van der Waals surface area contributed by atoms with Crippen molar-refractivity contribution in [1.82, 2.24) is 0 Å². The second-order valence-electron chi connectivity index (χ2n) is 7.28. The average molecular weight is 285 g/mol. The van der Waals surface area contributed by atoms with Crippen LogP contribution >= 0.6 is 0 Å². The minimum absolute atomic E-state index is 0.0976. The van der Waals surface area contributed by atoms with E-state index in [2.05, 4.69) is 53.8 Å². The number of carbonyl (C=O) groups is 1. The summed E-state index contributed by atoms with van der Waals surface area (Å²) in [6, 6.07) is 0. The fourth-order valence-corrected chi connectivity index (χ4v) is 2.33. The number of ketones is 1. The Morgan fingerprint density at radius 1 is 1.26 bits per heavy atom. The van der Waals surface area contributed by atoms with Crippen LogP contribution in [0.4, 0.5) is 0 Å². The Kier molecular flexibility index (Phi) is 7.23. The molecule has 0 aromatic heterocycles. The molecule has 3 heteroatoms. The van der Waals surface area contributed by atoms with E-state index < -0.39 is 8.32 Å². The first-order chi connectivity index (χ1) is 8.47. The van der Waals surface area contributed by atoms with E-state index in [0.29, 0.717) is 0 Å². The first kappa shape index (κ1) is 18.6. The normalized spacial score (nSPS) is 14.1. The fourth-order valence-electron chi connectivity index (χ4n) is 1.39. The van der Waals surface area contributed by atoms with E-state index in [1.165, 1.54) is 5.57 Å². The van der Waals surface area contributed by atoms with Gasteiger partial charge in [0.2, 0.25) is 0 Å². The van der Waals surface area contributed by atoms with E-state index in [-0.39, 0.29) is 23.3 Å². The molecule has 0 heterocycles. The standard InChI is InChI=1S/C16H32O2Si/c1-13(2)10-9-11-14(3)15(17)12-18-19(7,8)16(4,5)6/h10,14H,9,11-12H2,1-8H3. The van der Waals surface area contributed by atoms with Crippen LogP contribution in [0.1, 0.15) is 54.4 Å². The highest BCUT2D eigenvalue weighted by molar-refractivity contribution is 6.74. The maximum absolute atomic E-state index is 12.1. The Morgan fingerprint density at radius 3 is 2.21 bits per heavy atom. The summed E-state index contributed by atoms with van der Waals surface area (Å²) in [7, 11) is -1.80. The predicted molar refractivity (Wildman–Crippen MR) is 86.0 cm³/mol. The highest BCUT2D eigenvalue weighted by Gasteiger charge is 2.37. The van der Waals surface area contributed by atoms with Crippen molar-refractivity contribution in [3.8, 4) is 0 Å². The molecule has 112 valence electrons. The number of carbonyl (C=O) groups excluding carboxylic acids is 1. The lowest BCUT2D eigenvalue weighted by Crippen LogP contribution is -2.42. The molecule has 0 radical (unpaired) electrons. The third kappa shape index (κ3) is 7.07. The van der Waals surface area contributed by atoms with Crippen LogP contribution in [0.2, 0.25) is 18.1 Å². The maximum atomic E-state index is 12.1. The molecule has 0 aliphatic heterocycles. The highest BCUT2D eigenvalue weighted by atomic mass is 28.4. The molecule has 19 heavy (non-hydrogen) atoms. The van der Waals surface area contributed by atoms with Gasteiger partial charge >= 0.3 is 0 Å². The second kappa shape index (κ2) is 7.39. The molecular formula is C16H32O2Si. The zero-order chi connectivity index (χ0) is 15.3. The van der Waals surface area contributed by atoms with Crippen molar-refractivity contribution < 1.29 is 9.22 Å². The van der Waals surface area contributed by atoms with Gasteiger partial charge in [0.25, 0.3) is 0 Å². The van der Waals surface area contributed by atoms with Crippen molar-refractivity contribution in [2.75, 3.05) is 6.61 Å². The summed E-state index contributed by atoms with van der Waals surface area (Å²) in [6.07, 6.45) is 4.10. The summed E-state index contributed by atoms with van der Waals surface area (Å²) in [4.78, 5) is 12.1. The van der Waals surface area contributed by atoms with Gasteiger partial charge in [0.1, 0.15) is 0 Å². The van der Waals surface area contributed by atoms with Crippen molar-refractivity contribution in [3.63, 3.8) is 0 Å². The van der Waals surface area contributed by atoms with Gasteiger partial charge in [0, 0.05) is 5.92 Å². The molecule has 2 nitrogen and oxygen atoms in total. The Bertz CT molecular complexity index is 320. The summed E-state index contributed by atoms with van der Waals surface area (Å²) in [5.74, 6) is 0.340. The fraction of sp³-hybridized carbons (Fsp3) is 0.812. The Morgan fingerprint density at radius 2 is 1.79 bits per heavy atom. The van der Waals surface area contributed by atoms with Crippen LogP contribution in [-0.2, 0) is 9.22 Å². The van der Waals surface area contributed by atoms with E-state index in [4.69, 9.17) is 4.43 Å². The molecule has 0 rings (SSSR count). The summed E-state index contributed by atoms with van der Waals surface area (Å²) in [5.41, 5.74) is 1.32. The summed E-state index contributed by atoms with van der Waals surface area (Å²) < 4.78 is 5.98. The third-order valence-electron chi connectivity index (χ3n) is 4.08. The minimum atomic E-state index is -1.80. The number of allylic oxidation sites excluding steroid dienone is 2. The lowest BCUT2D eigenvalue weighted by molar-refractivity contribution is -0.124. The van der Waals surface area contributed by atoms with E-state index in [1.54, 1.807) is 0 Å². The molecule has 0 aromatic carbocycles. The van der Waals surface area contributed by atoms with Crippen molar-refractivity contribution in [1.29, 1.82) is 0 Å². The van der Waals surface area contributed by atoms with E-state index in [9.17, 15) is 4.79 Å². The second-order valence-corrected chi connectivity index (χ2v) is 12.1. The topological polar surface area (TPSA) is 26.3 Å². The average Bonchev–Trinajstić information content (AvgIpc) is 2.23. The van der Waals surface area contributed by atoms with Gasteiger partial charge in [-0.25, -0.2) is 0 Å². The van der Waals surface area contributed by atoms with E-state index in [0.717, 1.165) is 12.8 Å². The van der Waals surface area contributed by atoms with Gasteiger partial charge in [0.15, 0.2) is 14.1 Å². The van der Waals surface area contributed by atoms with Gasteiger partial charge in [-0.1, -0.05) is 39.3 Å². The lowest BCUT2D eigenvalue weighted by Gasteiger charge is -2.36. The molecule has 1 atom stereocenters. The number of hydrogen-bond acceptors (Lipinski definition) is 2. The van der Waals surface area contributed by atoms with Crippen molar-refractivity contribution >= 4 is 14.1 Å². The molecule has 0 spiro atoms. The highest BCUT2D eigenvalue weighted by Crippen LogP contribution is 2.36. The molecule has 0 fully saturated rings. The predicted octanol–water partition coefficient (Wildman–Crippen LogP) is 4.96. The van der Waals surface area contributed by atoms with Gasteiger partial charge in [-0.05, 0) is 44.8 Å². The van der Waals surface area contributed by atoms with Crippen LogP contribution in [0.5, 0.6) is 0 Å². The van der Waals surface area contributed by atoms with Gasteiger partial charge in [0.05, 0.1) is 6.61 Å². The zero-order valence-electron chi connectivity index (χ0n) is 14.1. The van der Waals surface area contributed by atoms with Crippen LogP contribution in [-0.4, -0.2) is 20.7 Å². The molecule has 0 saturated heterocycles. The van der Waals surface area contributed by atoms with Crippen molar-refractivity contribution in [3.05, 3.63) is 11.6 Å². The van der Waals surface area contributed by atoms with Crippen LogP contribution < -0.4 is 0 Å². The zero-order valence-corrected chi connectivity index (χ0v) is 15.1. The smallest absolute Gasteiger partial charge is 0.192 e. The van der Waals surface area contributed by atoms with Crippen molar-refractivity contribution in [2.24, 2.45) is 5.92 Å². The molecule has 1 unspecified atom stereocenters. The first-order valence-corrected chi connectivity index (χ1v) is 10.2. The molecule has 0 amide bonds. The quantitative estimate of drug-likeness (QED) is 0.488. The minimum Gasteiger partial charge on any atom is -0.410 e. The van der Waals surface area contributed by atoms with E-state index in [1.807, 2.05) is 6.92 Å². The Hall–Kier alpha value is -0.413. The van der Waals surface area contributed by atoms with Crippen LogP contribution in [0, 0.1) is 5.92 Å². The first-order valence-electron chi connectivity index (χ1n) is 7.27. The molecular weight excluding hydrogens is 252 g/mol. The van der Waals surface area contributed by atoms with Crippen LogP contribution in [0.25, 0.3) is 0 Å². The number of hydrogen-bond donors (Lipinski definition) is 0. The Labute approximate surface area is 120 Å². The van der Waals surface area contributed by atoms with E-state index >= 15 is 0 Å². The molecule has 0 saturated carbocycles. The summed E-state index contributed by atoms with van der Waals surface area (Å²) in [6.45, 7) is 17.4. The molecule has 0 aliphatic rings. The largest absolute Gasteiger partial charge is 0.410 e. The summed E-state index contributed by atoms with van der Waals surface area (Å²) in [5, 5.41) is 0.165. The van der Waals surface area contributed by atoms with Crippen LogP contribution in [0.15, 0.2) is 11.6 Å². The lowest BCUT2D eigenvalue weighted by atomic mass is 10.0. The number of Topliss-reactive ketones (excluding diaryl/α,β-unsaturated/α-hetero) is 1. The van der Waals surface area contributed by atoms with Gasteiger partial charge in [-0.15, -0.1) is 0 Å². The molecule has 0 aromatic rings. The van der Waals surface area contributed by atoms with Gasteiger partial charge < -0.3 is 4.43 Å². The Balaban J connectivity index is 4.21. The van der Waals surface area contributed by atoms with Gasteiger partial charge in [-0.3, -0.25) is 4.79 Å². The maximum Gasteiger partial charge on any atom is 0.192 e. The summed E-state index contributed by atoms with van der Waals surface area (Å²) >= 11 is 0. The third-order valence-corrected chi connectivity index (χ3v) is 8.56. The van der Waals surface area contributed by atoms with Gasteiger partial charge in [-0.2, -0.15) is 0 Å². The SMILES string of the molecule is CC(C)=CCCC(C)C(=O)CO[Si](C)(C)C(C)(C)C. The number of rotatable bonds is 7.